The van der Waals surface area contributed by atoms with Crippen molar-refractivity contribution in [1.29, 1.82) is 0 Å². The molecular formula is C24H28N2O7S. The number of sulfonamides is 1. The van der Waals surface area contributed by atoms with Crippen LogP contribution in [0.5, 0.6) is 0 Å². The van der Waals surface area contributed by atoms with Gasteiger partial charge in [-0.1, -0.05) is 17.7 Å². The molecule has 0 spiro atoms. The van der Waals surface area contributed by atoms with E-state index in [-0.39, 0.29) is 28.5 Å². The third-order valence-corrected chi connectivity index (χ3v) is 6.79. The number of nitrogens with zero attached hydrogens (tertiary/aromatic N) is 1. The van der Waals surface area contributed by atoms with Crippen LogP contribution in [0, 0.1) is 6.92 Å². The van der Waals surface area contributed by atoms with Crippen LogP contribution in [0.1, 0.15) is 30.4 Å². The minimum absolute atomic E-state index is 0.0742. The lowest BCUT2D eigenvalue weighted by Gasteiger charge is -2.17. The summed E-state index contributed by atoms with van der Waals surface area (Å²) in [6, 6.07) is 9.71. The molecule has 1 N–H and O–H groups in total. The summed E-state index contributed by atoms with van der Waals surface area (Å²) in [7, 11) is -0.879. The minimum atomic E-state index is -3.71. The summed E-state index contributed by atoms with van der Waals surface area (Å²) in [6.07, 6.45) is 2.07. The van der Waals surface area contributed by atoms with E-state index in [4.69, 9.17) is 13.9 Å². The van der Waals surface area contributed by atoms with Crippen molar-refractivity contribution in [3.63, 3.8) is 0 Å². The predicted molar refractivity (Wildman–Crippen MR) is 125 cm³/mol. The number of rotatable bonds is 10. The Morgan fingerprint density at radius 3 is 2.47 bits per heavy atom. The van der Waals surface area contributed by atoms with Crippen molar-refractivity contribution >= 4 is 28.0 Å². The lowest BCUT2D eigenvalue weighted by molar-refractivity contribution is -0.136. The number of nitrogens with one attached hydrogen (secondary N) is 1. The van der Waals surface area contributed by atoms with E-state index in [0.717, 1.165) is 5.56 Å². The quantitative estimate of drug-likeness (QED) is 0.311. The zero-order chi connectivity index (χ0) is 24.9. The molecule has 2 aromatic rings. The summed E-state index contributed by atoms with van der Waals surface area (Å²) in [5.41, 5.74) is 1.78. The van der Waals surface area contributed by atoms with Crippen molar-refractivity contribution in [2.45, 2.75) is 31.7 Å². The number of ether oxygens (including phenoxy) is 2. The molecule has 0 bridgehead atoms. The molecule has 0 unspecified atom stereocenters. The third kappa shape index (κ3) is 5.64. The Morgan fingerprint density at radius 1 is 1.12 bits per heavy atom. The number of hydrogen-bond donors (Lipinski definition) is 1. The summed E-state index contributed by atoms with van der Waals surface area (Å²) < 4.78 is 43.1. The van der Waals surface area contributed by atoms with E-state index in [1.807, 2.05) is 6.92 Å². The summed E-state index contributed by atoms with van der Waals surface area (Å²) in [4.78, 5) is 27.1. The number of benzene rings is 1. The highest BCUT2D eigenvalue weighted by atomic mass is 32.2. The minimum Gasteiger partial charge on any atom is -0.465 e. The van der Waals surface area contributed by atoms with E-state index in [9.17, 15) is 18.0 Å². The molecule has 0 fully saturated rings. The molecule has 3 rings (SSSR count). The summed E-state index contributed by atoms with van der Waals surface area (Å²) in [5, 5.41) is 0. The fourth-order valence-electron chi connectivity index (χ4n) is 3.54. The molecule has 0 radical (unpaired) electrons. The van der Waals surface area contributed by atoms with Crippen LogP contribution in [-0.2, 0) is 35.6 Å². The number of furan rings is 1. The molecule has 0 saturated heterocycles. The van der Waals surface area contributed by atoms with Crippen molar-refractivity contribution in [2.75, 3.05) is 27.4 Å². The van der Waals surface area contributed by atoms with Crippen molar-refractivity contribution in [3.05, 3.63) is 70.3 Å². The van der Waals surface area contributed by atoms with Gasteiger partial charge in [0, 0.05) is 26.0 Å². The SMILES string of the molecule is COCCCN1C(=O)/C(=C\c2ccc(CNS(=O)(=O)c3ccc(C)cc3)o2)C(C(=O)OC)=C1C. The molecule has 2 heterocycles. The van der Waals surface area contributed by atoms with Crippen LogP contribution in [0.15, 0.2) is 62.6 Å². The van der Waals surface area contributed by atoms with Crippen LogP contribution in [-0.4, -0.2) is 52.6 Å². The second-order valence-electron chi connectivity index (χ2n) is 7.75. The van der Waals surface area contributed by atoms with Gasteiger partial charge >= 0.3 is 5.97 Å². The molecule has 10 heteroatoms. The fraction of sp³-hybridized carbons (Fsp3) is 0.333. The third-order valence-electron chi connectivity index (χ3n) is 5.37. The van der Waals surface area contributed by atoms with Crippen LogP contribution in [0.25, 0.3) is 6.08 Å². The Bertz CT molecular complexity index is 1220. The number of methoxy groups -OCH3 is 2. The summed E-state index contributed by atoms with van der Waals surface area (Å²) in [6.45, 7) is 4.35. The van der Waals surface area contributed by atoms with Gasteiger partial charge in [0.05, 0.1) is 29.7 Å². The lowest BCUT2D eigenvalue weighted by Crippen LogP contribution is -2.26. The Kier molecular flexibility index (Phi) is 8.08. The van der Waals surface area contributed by atoms with Gasteiger partial charge in [0.25, 0.3) is 5.91 Å². The molecule has 1 aliphatic heterocycles. The molecule has 1 aliphatic rings. The molecule has 34 heavy (non-hydrogen) atoms. The van der Waals surface area contributed by atoms with Gasteiger partial charge in [-0.2, -0.15) is 0 Å². The topological polar surface area (TPSA) is 115 Å². The summed E-state index contributed by atoms with van der Waals surface area (Å²) >= 11 is 0. The van der Waals surface area contributed by atoms with Crippen LogP contribution in [0.4, 0.5) is 0 Å². The maximum atomic E-state index is 13.0. The molecule has 1 aromatic carbocycles. The molecule has 0 aliphatic carbocycles. The highest BCUT2D eigenvalue weighted by Crippen LogP contribution is 2.32. The number of hydrogen-bond acceptors (Lipinski definition) is 7. The van der Waals surface area contributed by atoms with Crippen LogP contribution in [0.2, 0.25) is 0 Å². The normalized spacial score (nSPS) is 15.5. The second kappa shape index (κ2) is 10.8. The highest BCUT2D eigenvalue weighted by Gasteiger charge is 2.36. The molecule has 182 valence electrons. The lowest BCUT2D eigenvalue weighted by atomic mass is 10.1. The first-order valence-corrected chi connectivity index (χ1v) is 12.1. The molecule has 0 atom stereocenters. The van der Waals surface area contributed by atoms with Gasteiger partial charge in [-0.3, -0.25) is 4.79 Å². The molecule has 1 amide bonds. The maximum absolute atomic E-state index is 13.0. The standard InChI is InChI=1S/C24H28N2O7S/c1-16-6-10-20(11-7-16)34(29,30)25-15-19-9-8-18(33-19)14-21-22(24(28)32-4)17(2)26(23(21)27)12-5-13-31-3/h6-11,14,25H,5,12-13,15H2,1-4H3/b21-14-. The number of carbonyl (C=O) groups is 2. The first-order chi connectivity index (χ1) is 16.2. The Morgan fingerprint density at radius 2 is 1.82 bits per heavy atom. The van der Waals surface area contributed by atoms with Crippen molar-refractivity contribution < 1.29 is 31.9 Å². The number of amides is 1. The van der Waals surface area contributed by atoms with E-state index >= 15 is 0 Å². The number of aryl methyl sites for hydroxylation is 1. The second-order valence-corrected chi connectivity index (χ2v) is 9.52. The first kappa shape index (κ1) is 25.4. The van der Waals surface area contributed by atoms with Crippen LogP contribution >= 0.6 is 0 Å². The van der Waals surface area contributed by atoms with Gasteiger partial charge in [0.15, 0.2) is 0 Å². The highest BCUT2D eigenvalue weighted by molar-refractivity contribution is 7.89. The van der Waals surface area contributed by atoms with Crippen LogP contribution in [0.3, 0.4) is 0 Å². The zero-order valence-electron chi connectivity index (χ0n) is 19.6. The zero-order valence-corrected chi connectivity index (χ0v) is 20.4. The fourth-order valence-corrected chi connectivity index (χ4v) is 4.53. The largest absolute Gasteiger partial charge is 0.465 e. The smallest absolute Gasteiger partial charge is 0.340 e. The maximum Gasteiger partial charge on any atom is 0.340 e. The molecular weight excluding hydrogens is 460 g/mol. The van der Waals surface area contributed by atoms with Gasteiger partial charge < -0.3 is 18.8 Å². The number of carbonyl (C=O) groups excluding carboxylic acids is 2. The average Bonchev–Trinajstić information content (AvgIpc) is 3.35. The number of esters is 1. The molecule has 1 aromatic heterocycles. The Hall–Kier alpha value is -3.21. The van der Waals surface area contributed by atoms with Crippen molar-refractivity contribution in [1.82, 2.24) is 9.62 Å². The van der Waals surface area contributed by atoms with Crippen molar-refractivity contribution in [2.24, 2.45) is 0 Å². The van der Waals surface area contributed by atoms with Crippen LogP contribution < -0.4 is 4.72 Å². The summed E-state index contributed by atoms with van der Waals surface area (Å²) in [5.74, 6) is -0.304. The van der Waals surface area contributed by atoms with Gasteiger partial charge in [-0.05, 0) is 50.6 Å². The first-order valence-electron chi connectivity index (χ1n) is 10.6. The van der Waals surface area contributed by atoms with Crippen molar-refractivity contribution in [3.8, 4) is 0 Å². The average molecular weight is 489 g/mol. The van der Waals surface area contributed by atoms with E-state index < -0.39 is 16.0 Å². The van der Waals surface area contributed by atoms with E-state index in [2.05, 4.69) is 4.72 Å². The van der Waals surface area contributed by atoms with E-state index in [0.29, 0.717) is 36.8 Å². The molecule has 0 saturated carbocycles. The predicted octanol–water partition coefficient (Wildman–Crippen LogP) is 2.78. The van der Waals surface area contributed by atoms with Gasteiger partial charge in [-0.25, -0.2) is 17.9 Å². The molecule has 9 nitrogen and oxygen atoms in total. The van der Waals surface area contributed by atoms with Gasteiger partial charge in [0.1, 0.15) is 11.5 Å². The monoisotopic (exact) mass is 488 g/mol. The Labute approximate surface area is 199 Å². The Balaban J connectivity index is 1.79. The van der Waals surface area contributed by atoms with Gasteiger partial charge in [0.2, 0.25) is 10.0 Å². The van der Waals surface area contributed by atoms with E-state index in [1.165, 1.54) is 30.2 Å². The number of allylic oxidation sites excluding steroid dienone is 1. The van der Waals surface area contributed by atoms with E-state index in [1.54, 1.807) is 38.3 Å². The van der Waals surface area contributed by atoms with Gasteiger partial charge in [-0.15, -0.1) is 0 Å².